The Hall–Kier alpha value is -2.55. The van der Waals surface area contributed by atoms with E-state index in [0.717, 1.165) is 0 Å². The molecule has 0 bridgehead atoms. The van der Waals surface area contributed by atoms with E-state index in [1.807, 2.05) is 0 Å². The van der Waals surface area contributed by atoms with Crippen LogP contribution in [0.4, 0.5) is 0 Å². The summed E-state index contributed by atoms with van der Waals surface area (Å²) < 4.78 is 0. The number of rotatable bonds is 10. The maximum Gasteiger partial charge on any atom is 0.321 e. The topological polar surface area (TPSA) is 179 Å². The van der Waals surface area contributed by atoms with Crippen molar-refractivity contribution in [2.45, 2.75) is 12.5 Å². The van der Waals surface area contributed by atoms with Gasteiger partial charge in [-0.2, -0.15) is 0 Å². The van der Waals surface area contributed by atoms with Gasteiger partial charge in [0.1, 0.15) is 6.04 Å². The molecule has 4 N–H and O–H groups in total. The lowest BCUT2D eigenvalue weighted by molar-refractivity contribution is -0.145. The Morgan fingerprint density at radius 2 is 0.938 bits per heavy atom. The van der Waals surface area contributed by atoms with Crippen LogP contribution in [0, 0.1) is 0 Å². The van der Waals surface area contributed by atoms with Crippen molar-refractivity contribution < 1.29 is 44.4 Å². The lowest BCUT2D eigenvalue weighted by Crippen LogP contribution is -2.52. The van der Waals surface area contributed by atoms with Gasteiger partial charge in [-0.05, 0) is 0 Å². The fraction of sp³-hybridized carbons (Fsp3) is 0.722. The van der Waals surface area contributed by atoms with Crippen molar-refractivity contribution in [1.82, 2.24) is 19.6 Å². The smallest absolute Gasteiger partial charge is 0.321 e. The molecule has 32 heavy (non-hydrogen) atoms. The number of carboxylic acid groups (broad SMARTS) is 4. The largest absolute Gasteiger partial charge is 0.480 e. The maximum absolute atomic E-state index is 11.7. The van der Waals surface area contributed by atoms with Gasteiger partial charge in [0.15, 0.2) is 7.85 Å². The molecule has 1 rings (SSSR count). The van der Waals surface area contributed by atoms with Crippen molar-refractivity contribution in [3.8, 4) is 0 Å². The molecule has 0 aromatic heterocycles. The van der Waals surface area contributed by atoms with Crippen LogP contribution >= 0.6 is 0 Å². The molecule has 0 aliphatic carbocycles. The number of carbonyl (C=O) groups excluding carboxylic acids is 1. The van der Waals surface area contributed by atoms with Crippen LogP contribution in [0.1, 0.15) is 6.42 Å². The summed E-state index contributed by atoms with van der Waals surface area (Å²) in [5.41, 5.74) is -0.808. The number of hydrogen-bond acceptors (Lipinski definition) is 9. The second-order valence-corrected chi connectivity index (χ2v) is 7.57. The van der Waals surface area contributed by atoms with E-state index in [1.165, 1.54) is 4.90 Å². The zero-order chi connectivity index (χ0) is 24.3. The van der Waals surface area contributed by atoms with Crippen LogP contribution in [-0.2, 0) is 24.0 Å². The van der Waals surface area contributed by atoms with E-state index >= 15 is 0 Å². The highest BCUT2D eigenvalue weighted by molar-refractivity contribution is 6.57. The van der Waals surface area contributed by atoms with Gasteiger partial charge in [0.2, 0.25) is 0 Å². The van der Waals surface area contributed by atoms with Crippen LogP contribution in [0.2, 0.25) is 0 Å². The molecule has 1 unspecified atom stereocenters. The van der Waals surface area contributed by atoms with Crippen LogP contribution in [0.3, 0.4) is 0 Å². The van der Waals surface area contributed by atoms with Gasteiger partial charge in [0, 0.05) is 58.8 Å². The summed E-state index contributed by atoms with van der Waals surface area (Å²) >= 11 is 0. The highest BCUT2D eigenvalue weighted by Crippen LogP contribution is 2.08. The van der Waals surface area contributed by atoms with Crippen molar-refractivity contribution in [3.63, 3.8) is 0 Å². The maximum atomic E-state index is 11.7. The normalized spacial score (nSPS) is 19.4. The van der Waals surface area contributed by atoms with Crippen molar-refractivity contribution in [3.05, 3.63) is 0 Å². The Morgan fingerprint density at radius 1 is 0.625 bits per heavy atom. The zero-order valence-corrected chi connectivity index (χ0v) is 17.8. The highest BCUT2D eigenvalue weighted by atomic mass is 16.4. The first kappa shape index (κ1) is 27.5. The van der Waals surface area contributed by atoms with E-state index in [-0.39, 0.29) is 72.0 Å². The Kier molecular flexibility index (Phi) is 11.8. The molecule has 1 saturated heterocycles. The number of hydrogen-bond donors (Lipinski definition) is 4. The van der Waals surface area contributed by atoms with Crippen molar-refractivity contribution in [2.24, 2.45) is 0 Å². The van der Waals surface area contributed by atoms with Gasteiger partial charge >= 0.3 is 23.9 Å². The predicted octanol–water partition coefficient (Wildman–Crippen LogP) is -3.00. The molecule has 0 aromatic rings. The fourth-order valence-electron chi connectivity index (χ4n) is 3.48. The predicted molar refractivity (Wildman–Crippen MR) is 111 cm³/mol. The fourth-order valence-corrected chi connectivity index (χ4v) is 3.48. The Bertz CT molecular complexity index is 661. The highest BCUT2D eigenvalue weighted by Gasteiger charge is 2.28. The standard InChI is InChI=1S/C18H29BN4O9/c19-14(24)9-13(18(31)32)23-7-5-21(11-16(27)28)3-1-20(10-15(25)26)2-4-22(6-8-23)12-17(29)30/h13H,1-12H2,(H,25,26)(H,27,28)(H,29,30)(H,31,32). The second-order valence-electron chi connectivity index (χ2n) is 7.57. The lowest BCUT2D eigenvalue weighted by atomic mass is 9.94. The molecule has 0 spiro atoms. The van der Waals surface area contributed by atoms with E-state index in [1.54, 1.807) is 14.7 Å². The summed E-state index contributed by atoms with van der Waals surface area (Å²) in [6, 6.07) is -1.24. The van der Waals surface area contributed by atoms with E-state index in [4.69, 9.17) is 13.0 Å². The van der Waals surface area contributed by atoms with Gasteiger partial charge < -0.3 is 25.2 Å². The molecular formula is C18H29BN4O9. The van der Waals surface area contributed by atoms with Gasteiger partial charge in [0.25, 0.3) is 0 Å². The molecule has 0 saturated carbocycles. The molecule has 178 valence electrons. The minimum absolute atomic E-state index is 0.0946. The summed E-state index contributed by atoms with van der Waals surface area (Å²) in [5, 5.41) is 37.1. The average molecular weight is 456 g/mol. The average Bonchev–Trinajstić information content (AvgIpc) is 2.65. The minimum Gasteiger partial charge on any atom is -0.480 e. The monoisotopic (exact) mass is 456 g/mol. The lowest BCUT2D eigenvalue weighted by Gasteiger charge is -2.35. The first-order chi connectivity index (χ1) is 15.0. The molecule has 13 nitrogen and oxygen atoms in total. The quantitative estimate of drug-likeness (QED) is 0.245. The van der Waals surface area contributed by atoms with Crippen LogP contribution in [0.15, 0.2) is 0 Å². The van der Waals surface area contributed by atoms with E-state index in [2.05, 4.69) is 0 Å². The summed E-state index contributed by atoms with van der Waals surface area (Å²) in [4.78, 5) is 63.0. The summed E-state index contributed by atoms with van der Waals surface area (Å²) in [6.07, 6.45) is -0.445. The van der Waals surface area contributed by atoms with Gasteiger partial charge in [-0.1, -0.05) is 0 Å². The third kappa shape index (κ3) is 11.2. The second kappa shape index (κ2) is 13.8. The van der Waals surface area contributed by atoms with Gasteiger partial charge in [0.05, 0.1) is 25.3 Å². The molecule has 1 fully saturated rings. The molecule has 1 aliphatic heterocycles. The number of carbonyl (C=O) groups is 5. The van der Waals surface area contributed by atoms with Crippen LogP contribution in [0.5, 0.6) is 0 Å². The molecule has 1 atom stereocenters. The van der Waals surface area contributed by atoms with Gasteiger partial charge in [-0.15, -0.1) is 0 Å². The molecular weight excluding hydrogens is 427 g/mol. The third-order valence-corrected chi connectivity index (χ3v) is 5.07. The van der Waals surface area contributed by atoms with E-state index in [9.17, 15) is 39.3 Å². The summed E-state index contributed by atoms with van der Waals surface area (Å²) in [5.74, 6) is -4.51. The van der Waals surface area contributed by atoms with Gasteiger partial charge in [-0.3, -0.25) is 38.8 Å². The van der Waals surface area contributed by atoms with Gasteiger partial charge in [-0.25, -0.2) is 0 Å². The number of nitrogens with zero attached hydrogens (tertiary/aromatic N) is 4. The molecule has 1 heterocycles. The first-order valence-electron chi connectivity index (χ1n) is 10.1. The van der Waals surface area contributed by atoms with Crippen LogP contribution in [0.25, 0.3) is 0 Å². The third-order valence-electron chi connectivity index (χ3n) is 5.07. The van der Waals surface area contributed by atoms with Crippen molar-refractivity contribution >= 4 is 37.4 Å². The van der Waals surface area contributed by atoms with Crippen molar-refractivity contribution in [2.75, 3.05) is 72.0 Å². The molecule has 14 heteroatoms. The summed E-state index contributed by atoms with van der Waals surface area (Å²) in [6.45, 7) is 0.417. The molecule has 2 radical (unpaired) electrons. The minimum atomic E-state index is -1.27. The molecule has 0 amide bonds. The first-order valence-corrected chi connectivity index (χ1v) is 10.1. The number of aliphatic carboxylic acids is 4. The Balaban J connectivity index is 3.11. The number of carboxylic acids is 4. The van der Waals surface area contributed by atoms with Crippen LogP contribution < -0.4 is 0 Å². The van der Waals surface area contributed by atoms with Crippen LogP contribution in [-0.4, -0.2) is 155 Å². The Morgan fingerprint density at radius 3 is 1.19 bits per heavy atom. The Labute approximate surface area is 186 Å². The van der Waals surface area contributed by atoms with E-state index < -0.39 is 42.0 Å². The summed E-state index contributed by atoms with van der Waals surface area (Å²) in [7, 11) is 5.19. The van der Waals surface area contributed by atoms with E-state index in [0.29, 0.717) is 0 Å². The zero-order valence-electron chi connectivity index (χ0n) is 17.8. The molecule has 0 aromatic carbocycles. The van der Waals surface area contributed by atoms with Crippen molar-refractivity contribution in [1.29, 1.82) is 0 Å². The molecule has 1 aliphatic rings. The SMILES string of the molecule is [B]C(=O)CC(C(=O)O)N1CCN(CC(=O)O)CCN(CC(=O)O)CCN(CC(=O)O)CC1.